The molecule has 6 fully saturated rings. The Morgan fingerprint density at radius 1 is 0.727 bits per heavy atom. The number of ether oxygens (including phenoxy) is 4. The molecule has 6 aliphatic heterocycles. The van der Waals surface area contributed by atoms with Crippen LogP contribution in [-0.2, 0) is 28.5 Å². The number of thioether (sulfide) groups is 2. The van der Waals surface area contributed by atoms with E-state index in [9.17, 15) is 24.3 Å². The number of nitrogen functional groups attached to an aromatic ring is 2. The molecule has 356 valence electrons. The number of fused-ring (bicyclic) bond motifs is 4. The Morgan fingerprint density at radius 3 is 1.83 bits per heavy atom. The average molecular weight is 955 g/mol. The Labute approximate surface area is 386 Å². The molecular formula is C40H54N14O10S2. The number of anilines is 2. The highest BCUT2D eigenvalue weighted by atomic mass is 32.2. The lowest BCUT2D eigenvalue weighted by molar-refractivity contribution is -0.155. The highest BCUT2D eigenvalue weighted by molar-refractivity contribution is 8.00. The maximum atomic E-state index is 13.0. The minimum atomic E-state index is -0.736. The average Bonchev–Trinajstić information content (AvgIpc) is 4.17. The zero-order chi connectivity index (χ0) is 45.9. The Balaban J connectivity index is 0.000000253. The van der Waals surface area contributed by atoms with E-state index in [0.717, 1.165) is 37.2 Å². The topological polar surface area (TPSA) is 333 Å². The predicted molar refractivity (Wildman–Crippen MR) is 238 cm³/mol. The predicted octanol–water partition coefficient (Wildman–Crippen LogP) is 0.652. The third-order valence-corrected chi connectivity index (χ3v) is 15.7. The van der Waals surface area contributed by atoms with Crippen molar-refractivity contribution in [2.24, 2.45) is 0 Å². The minimum Gasteiger partial charge on any atom is -0.463 e. The van der Waals surface area contributed by atoms with Gasteiger partial charge in [0.1, 0.15) is 42.5 Å². The highest BCUT2D eigenvalue weighted by Gasteiger charge is 2.44. The van der Waals surface area contributed by atoms with Crippen molar-refractivity contribution < 1.29 is 48.3 Å². The van der Waals surface area contributed by atoms with Crippen LogP contribution in [-0.4, -0.2) is 157 Å². The second-order valence-electron chi connectivity index (χ2n) is 17.1. The Hall–Kier alpha value is -5.28. The van der Waals surface area contributed by atoms with Gasteiger partial charge in [-0.15, -0.1) is 0 Å². The second-order valence-corrected chi connectivity index (χ2v) is 19.7. The maximum Gasteiger partial charge on any atom is 0.315 e. The Bertz CT molecular complexity index is 2390. The Kier molecular flexibility index (Phi) is 14.1. The third-order valence-electron chi connectivity index (χ3n) is 12.7. The summed E-state index contributed by atoms with van der Waals surface area (Å²) < 4.78 is 26.6. The molecule has 66 heavy (non-hydrogen) atoms. The number of nitrogens with one attached hydrogen (secondary N) is 4. The molecule has 24 nitrogen and oxygen atoms in total. The van der Waals surface area contributed by atoms with Gasteiger partial charge in [0.05, 0.1) is 55.6 Å². The summed E-state index contributed by atoms with van der Waals surface area (Å²) in [6.07, 6.45) is 8.26. The van der Waals surface area contributed by atoms with Crippen LogP contribution in [0.2, 0.25) is 0 Å². The number of imidazole rings is 2. The van der Waals surface area contributed by atoms with E-state index in [1.807, 2.05) is 23.5 Å². The molecule has 4 aromatic rings. The van der Waals surface area contributed by atoms with Crippen molar-refractivity contribution in [3.63, 3.8) is 0 Å². The lowest BCUT2D eigenvalue weighted by Crippen LogP contribution is -2.36. The van der Waals surface area contributed by atoms with Crippen LogP contribution < -0.4 is 32.7 Å². The van der Waals surface area contributed by atoms with Crippen LogP contribution in [0.1, 0.15) is 76.7 Å². The van der Waals surface area contributed by atoms with E-state index in [4.69, 9.17) is 35.5 Å². The fourth-order valence-electron chi connectivity index (χ4n) is 9.39. The summed E-state index contributed by atoms with van der Waals surface area (Å²) in [5, 5.41) is 31.6. The largest absolute Gasteiger partial charge is 0.463 e. The van der Waals surface area contributed by atoms with Crippen molar-refractivity contribution in [2.75, 3.05) is 36.2 Å². The van der Waals surface area contributed by atoms with Gasteiger partial charge in [-0.1, -0.05) is 12.8 Å². The molecule has 6 saturated heterocycles. The lowest BCUT2D eigenvalue weighted by Gasteiger charge is -2.21. The molecule has 26 heteroatoms. The number of nitrogens with two attached hydrogens (primary N) is 2. The number of nitrogens with zero attached hydrogens (tertiary/aromatic N) is 8. The van der Waals surface area contributed by atoms with Crippen LogP contribution in [0.15, 0.2) is 25.3 Å². The molecule has 0 bridgehead atoms. The van der Waals surface area contributed by atoms with E-state index in [-0.39, 0.29) is 92.0 Å². The van der Waals surface area contributed by atoms with E-state index in [0.29, 0.717) is 58.5 Å². The number of esters is 2. The van der Waals surface area contributed by atoms with Gasteiger partial charge in [0, 0.05) is 47.7 Å². The number of rotatable bonds is 16. The number of aliphatic hydroxyl groups is 2. The second kappa shape index (κ2) is 20.3. The molecule has 0 saturated carbocycles. The summed E-state index contributed by atoms with van der Waals surface area (Å²) in [6, 6.07) is 0.447. The van der Waals surface area contributed by atoms with Crippen LogP contribution in [0.25, 0.3) is 22.3 Å². The van der Waals surface area contributed by atoms with E-state index in [2.05, 4.69) is 51.2 Å². The zero-order valence-corrected chi connectivity index (χ0v) is 37.5. The van der Waals surface area contributed by atoms with E-state index < -0.39 is 30.8 Å². The van der Waals surface area contributed by atoms with Crippen LogP contribution in [0.3, 0.4) is 0 Å². The van der Waals surface area contributed by atoms with Gasteiger partial charge in [-0.05, 0) is 25.7 Å². The molecule has 10 rings (SSSR count). The van der Waals surface area contributed by atoms with E-state index in [1.54, 1.807) is 9.13 Å². The van der Waals surface area contributed by atoms with Gasteiger partial charge in [-0.2, -0.15) is 23.5 Å². The van der Waals surface area contributed by atoms with Gasteiger partial charge in [0.25, 0.3) is 0 Å². The normalized spacial score (nSPS) is 30.9. The smallest absolute Gasteiger partial charge is 0.315 e. The molecular weight excluding hydrogens is 901 g/mol. The number of hydrogen-bond acceptors (Lipinski definition) is 20. The molecule has 0 spiro atoms. The van der Waals surface area contributed by atoms with E-state index in [1.165, 1.54) is 25.3 Å². The number of unbranched alkanes of at least 4 members (excludes halogenated alkanes) is 2. The van der Waals surface area contributed by atoms with Crippen LogP contribution in [0.4, 0.5) is 21.2 Å². The summed E-state index contributed by atoms with van der Waals surface area (Å²) >= 11 is 3.71. The van der Waals surface area contributed by atoms with Crippen LogP contribution >= 0.6 is 23.5 Å². The fourth-order valence-corrected chi connectivity index (χ4v) is 12.5. The molecule has 0 radical (unpaired) electrons. The van der Waals surface area contributed by atoms with Gasteiger partial charge in [-0.3, -0.25) is 18.7 Å². The molecule has 4 aromatic heterocycles. The van der Waals surface area contributed by atoms with Crippen molar-refractivity contribution in [2.45, 2.75) is 136 Å². The molecule has 0 aromatic carbocycles. The fraction of sp³-hybridized carbons (Fsp3) is 0.650. The first-order chi connectivity index (χ1) is 32.0. The molecule has 12 atom stereocenters. The molecule has 6 aliphatic rings. The summed E-state index contributed by atoms with van der Waals surface area (Å²) in [5.74, 6) is 1.67. The number of carbonyl (C=O) groups is 4. The van der Waals surface area contributed by atoms with E-state index >= 15 is 0 Å². The SMILES string of the molecule is Nc1ncnc2c1ncn2[C@@H]1O[C@H](CO)CC1O.Nc1ncnc2c1ncn2[C@@H]1O[C@H](COC(=O)CCCC[C@@H]2SC[C@@H]3NC(=O)N[C@@H]32)CC1OC(=O)CCCC[C@@H]1SC[C@@H]2NC(=O)N[C@@H]21. The van der Waals surface area contributed by atoms with Gasteiger partial charge in [0.15, 0.2) is 35.4 Å². The Morgan fingerprint density at radius 2 is 1.27 bits per heavy atom. The zero-order valence-electron chi connectivity index (χ0n) is 35.8. The monoisotopic (exact) mass is 954 g/mol. The number of carbonyl (C=O) groups excluding carboxylic acids is 4. The van der Waals surface area contributed by atoms with Crippen molar-refractivity contribution in [3.05, 3.63) is 25.3 Å². The number of hydrogen-bond donors (Lipinski definition) is 8. The number of amides is 4. The highest BCUT2D eigenvalue weighted by Crippen LogP contribution is 2.37. The minimum absolute atomic E-state index is 0.0275. The number of aromatic nitrogens is 8. The van der Waals surface area contributed by atoms with Crippen molar-refractivity contribution in [1.29, 1.82) is 0 Å². The van der Waals surface area contributed by atoms with Crippen LogP contribution in [0, 0.1) is 0 Å². The first kappa shape index (κ1) is 45.9. The quantitative estimate of drug-likeness (QED) is 0.0434. The summed E-state index contributed by atoms with van der Waals surface area (Å²) in [4.78, 5) is 73.6. The first-order valence-corrected chi connectivity index (χ1v) is 24.3. The standard InChI is InChI=1S/C30H41N9O7S2.C10H13N5O3/c31-26-25-27(33-13-32-26)39(14-34-25)28-18(46-22(41)8-4-2-6-20-24-17(12-48-20)36-30(43)38-24)9-15(45-28)10-44-21(40)7-3-1-5-19-23-16(11-47-19)35-29(42)37-23;11-8-7-9(13-3-12-8)15(4-14-7)10-6(17)1-5(2-16)18-10/h13-20,23-24,28H,1-12H2,(H2,31,32,33)(H2,35,37,42)(H2,36,38,43);3-6,10,16-17H,1-2H2,(H2,11,12,13)/t15-,16-,17-,18?,19-,20-,23-,24-,28+;5-,6?,10+/m00/s1. The summed E-state index contributed by atoms with van der Waals surface area (Å²) in [7, 11) is 0. The first-order valence-electron chi connectivity index (χ1n) is 22.2. The molecule has 10 N–H and O–H groups in total. The van der Waals surface area contributed by atoms with Crippen LogP contribution in [0.5, 0.6) is 0 Å². The molecule has 4 amide bonds. The van der Waals surface area contributed by atoms with Crippen molar-refractivity contribution in [3.8, 4) is 0 Å². The van der Waals surface area contributed by atoms with Gasteiger partial charge >= 0.3 is 24.0 Å². The maximum absolute atomic E-state index is 13.0. The third kappa shape index (κ3) is 10.0. The van der Waals surface area contributed by atoms with Gasteiger partial charge < -0.3 is 61.9 Å². The molecule has 10 heterocycles. The molecule has 2 unspecified atom stereocenters. The molecule has 0 aliphatic carbocycles. The lowest BCUT2D eigenvalue weighted by atomic mass is 10.0. The number of aliphatic hydroxyl groups excluding tert-OH is 2. The summed E-state index contributed by atoms with van der Waals surface area (Å²) in [5.41, 5.74) is 13.5. The van der Waals surface area contributed by atoms with Gasteiger partial charge in [0.2, 0.25) is 0 Å². The van der Waals surface area contributed by atoms with Crippen molar-refractivity contribution >= 4 is 81.5 Å². The van der Waals surface area contributed by atoms with Gasteiger partial charge in [-0.25, -0.2) is 39.5 Å². The summed E-state index contributed by atoms with van der Waals surface area (Å²) in [6.45, 7) is -0.100. The van der Waals surface area contributed by atoms with Crippen molar-refractivity contribution in [1.82, 2.24) is 60.3 Å². The number of urea groups is 2.